The fourth-order valence-electron chi connectivity index (χ4n) is 2.57. The van der Waals surface area contributed by atoms with Crippen molar-refractivity contribution in [1.82, 2.24) is 5.43 Å². The Bertz CT molecular complexity index is 1020. The molecule has 0 aliphatic heterocycles. The summed E-state index contributed by atoms with van der Waals surface area (Å²) in [4.78, 5) is 12.0. The Morgan fingerprint density at radius 1 is 0.933 bits per heavy atom. The van der Waals surface area contributed by atoms with Gasteiger partial charge in [0.1, 0.15) is 18.2 Å². The Hall–Kier alpha value is -3.74. The molecule has 0 saturated heterocycles. The predicted molar refractivity (Wildman–Crippen MR) is 110 cm³/mol. The first-order chi connectivity index (χ1) is 14.5. The van der Waals surface area contributed by atoms with E-state index >= 15 is 0 Å². The molecule has 0 aliphatic carbocycles. The first kappa shape index (κ1) is 21.0. The highest BCUT2D eigenvalue weighted by atomic mass is 19.1. The lowest BCUT2D eigenvalue weighted by molar-refractivity contribution is 0.0955. The van der Waals surface area contributed by atoms with Gasteiger partial charge in [-0.1, -0.05) is 12.1 Å². The van der Waals surface area contributed by atoms with Crippen LogP contribution < -0.4 is 14.9 Å². The van der Waals surface area contributed by atoms with Gasteiger partial charge in [-0.25, -0.2) is 14.2 Å². The minimum atomic E-state index is -0.449. The molecule has 0 fully saturated rings. The Kier molecular flexibility index (Phi) is 7.10. The molecule has 3 aromatic carbocycles. The molecule has 7 heteroatoms. The van der Waals surface area contributed by atoms with Gasteiger partial charge in [0.05, 0.1) is 12.8 Å². The molecule has 0 unspecified atom stereocenters. The second kappa shape index (κ2) is 10.2. The molecule has 30 heavy (non-hydrogen) atoms. The van der Waals surface area contributed by atoms with Crippen LogP contribution in [-0.4, -0.2) is 18.7 Å². The van der Waals surface area contributed by atoms with Crippen molar-refractivity contribution in [3.8, 4) is 11.5 Å². The van der Waals surface area contributed by atoms with E-state index in [4.69, 9.17) is 9.47 Å². The summed E-state index contributed by atoms with van der Waals surface area (Å²) in [5.41, 5.74) is 4.20. The van der Waals surface area contributed by atoms with Gasteiger partial charge in [0.15, 0.2) is 11.5 Å². The fourth-order valence-corrected chi connectivity index (χ4v) is 2.57. The molecule has 0 radical (unpaired) electrons. The quantitative estimate of drug-likeness (QED) is 0.432. The molecule has 1 amide bonds. The Morgan fingerprint density at radius 3 is 2.27 bits per heavy atom. The molecule has 5 nitrogen and oxygen atoms in total. The van der Waals surface area contributed by atoms with E-state index in [0.717, 1.165) is 5.56 Å². The number of ether oxygens (including phenoxy) is 2. The van der Waals surface area contributed by atoms with E-state index in [1.54, 1.807) is 30.3 Å². The second-order valence-corrected chi connectivity index (χ2v) is 6.26. The minimum absolute atomic E-state index is 0.265. The van der Waals surface area contributed by atoms with E-state index in [0.29, 0.717) is 29.2 Å². The highest BCUT2D eigenvalue weighted by molar-refractivity contribution is 5.94. The summed E-state index contributed by atoms with van der Waals surface area (Å²) in [5, 5.41) is 3.92. The van der Waals surface area contributed by atoms with Gasteiger partial charge >= 0.3 is 0 Å². The molecule has 0 bridgehead atoms. The number of nitrogens with one attached hydrogen (secondary N) is 1. The molecule has 0 spiro atoms. The summed E-state index contributed by atoms with van der Waals surface area (Å²) >= 11 is 0. The van der Waals surface area contributed by atoms with Crippen LogP contribution in [0.5, 0.6) is 11.5 Å². The number of carbonyl (C=O) groups is 1. The van der Waals surface area contributed by atoms with Crippen LogP contribution in [0.1, 0.15) is 28.4 Å². The molecule has 3 aromatic rings. The maximum absolute atomic E-state index is 13.0. The van der Waals surface area contributed by atoms with Crippen LogP contribution in [0.15, 0.2) is 71.8 Å². The van der Waals surface area contributed by atoms with Crippen molar-refractivity contribution in [3.05, 3.63) is 95.1 Å². The van der Waals surface area contributed by atoms with Gasteiger partial charge in [0.2, 0.25) is 0 Å². The highest BCUT2D eigenvalue weighted by Gasteiger charge is 2.07. The van der Waals surface area contributed by atoms with E-state index in [-0.39, 0.29) is 12.4 Å². The zero-order chi connectivity index (χ0) is 21.3. The van der Waals surface area contributed by atoms with Crippen molar-refractivity contribution in [1.29, 1.82) is 0 Å². The van der Waals surface area contributed by atoms with E-state index in [1.807, 2.05) is 6.92 Å². The number of amides is 1. The molecule has 0 aromatic heterocycles. The van der Waals surface area contributed by atoms with E-state index < -0.39 is 11.7 Å². The van der Waals surface area contributed by atoms with Gasteiger partial charge in [0, 0.05) is 5.56 Å². The monoisotopic (exact) mass is 410 g/mol. The summed E-state index contributed by atoms with van der Waals surface area (Å²) in [6.45, 7) is 2.56. The van der Waals surface area contributed by atoms with Crippen LogP contribution in [0, 0.1) is 11.6 Å². The third kappa shape index (κ3) is 5.88. The number of hydrogen-bond acceptors (Lipinski definition) is 4. The Balaban J connectivity index is 1.64. The molecular weight excluding hydrogens is 390 g/mol. The summed E-state index contributed by atoms with van der Waals surface area (Å²) in [7, 11) is 0. The van der Waals surface area contributed by atoms with Crippen molar-refractivity contribution in [2.45, 2.75) is 13.5 Å². The average molecular weight is 410 g/mol. The summed E-state index contributed by atoms with van der Waals surface area (Å²) < 4.78 is 37.3. The van der Waals surface area contributed by atoms with Crippen LogP contribution in [0.3, 0.4) is 0 Å². The third-order valence-electron chi connectivity index (χ3n) is 4.06. The maximum Gasteiger partial charge on any atom is 0.271 e. The van der Waals surface area contributed by atoms with E-state index in [2.05, 4.69) is 10.5 Å². The second-order valence-electron chi connectivity index (χ2n) is 6.26. The number of hydrazone groups is 1. The maximum atomic E-state index is 13.0. The van der Waals surface area contributed by atoms with Crippen LogP contribution in [-0.2, 0) is 6.61 Å². The Morgan fingerprint density at radius 2 is 1.60 bits per heavy atom. The van der Waals surface area contributed by atoms with E-state index in [1.165, 1.54) is 42.6 Å². The van der Waals surface area contributed by atoms with Crippen molar-refractivity contribution >= 4 is 12.1 Å². The van der Waals surface area contributed by atoms with Gasteiger partial charge in [0.25, 0.3) is 5.91 Å². The van der Waals surface area contributed by atoms with E-state index in [9.17, 15) is 13.6 Å². The van der Waals surface area contributed by atoms with Gasteiger partial charge < -0.3 is 9.47 Å². The molecule has 1 N–H and O–H groups in total. The normalized spacial score (nSPS) is 10.8. The van der Waals surface area contributed by atoms with Gasteiger partial charge in [-0.15, -0.1) is 0 Å². The van der Waals surface area contributed by atoms with Gasteiger partial charge in [-0.2, -0.15) is 5.10 Å². The topological polar surface area (TPSA) is 59.9 Å². The average Bonchev–Trinajstić information content (AvgIpc) is 2.75. The minimum Gasteiger partial charge on any atom is -0.490 e. The van der Waals surface area contributed by atoms with Crippen LogP contribution in [0.25, 0.3) is 0 Å². The lowest BCUT2D eigenvalue weighted by Crippen LogP contribution is -2.17. The molecular formula is C23H20F2N2O3. The summed E-state index contributed by atoms with van der Waals surface area (Å²) in [6, 6.07) is 16.5. The number of hydrogen-bond donors (Lipinski definition) is 1. The smallest absolute Gasteiger partial charge is 0.271 e. The van der Waals surface area contributed by atoms with Crippen LogP contribution >= 0.6 is 0 Å². The highest BCUT2D eigenvalue weighted by Crippen LogP contribution is 2.29. The number of halogens is 2. The SMILES string of the molecule is CCOc1cc(/C=N\NC(=O)c2ccc(F)cc2)ccc1OCc1ccc(F)cc1. The van der Waals surface area contributed by atoms with Crippen molar-refractivity contribution in [3.63, 3.8) is 0 Å². The lowest BCUT2D eigenvalue weighted by Gasteiger charge is -2.12. The number of benzene rings is 3. The number of rotatable bonds is 8. The van der Waals surface area contributed by atoms with Gasteiger partial charge in [-0.05, 0) is 72.6 Å². The molecule has 0 heterocycles. The first-order valence-corrected chi connectivity index (χ1v) is 9.28. The van der Waals surface area contributed by atoms with Crippen molar-refractivity contribution in [2.75, 3.05) is 6.61 Å². The molecule has 0 saturated carbocycles. The third-order valence-corrected chi connectivity index (χ3v) is 4.06. The molecule has 0 aliphatic rings. The standard InChI is InChI=1S/C23H20F2N2O3/c1-2-29-22-13-17(14-26-27-23(28)18-6-10-20(25)11-7-18)5-12-21(22)30-15-16-3-8-19(24)9-4-16/h3-14H,2,15H2,1H3,(H,27,28)/b26-14-. The first-order valence-electron chi connectivity index (χ1n) is 9.28. The van der Waals surface area contributed by atoms with Crippen LogP contribution in [0.2, 0.25) is 0 Å². The zero-order valence-electron chi connectivity index (χ0n) is 16.3. The molecule has 0 atom stereocenters. The number of carbonyl (C=O) groups excluding carboxylic acids is 1. The lowest BCUT2D eigenvalue weighted by atomic mass is 10.2. The predicted octanol–water partition coefficient (Wildman–Crippen LogP) is 4.71. The van der Waals surface area contributed by atoms with Gasteiger partial charge in [-0.3, -0.25) is 4.79 Å². The zero-order valence-corrected chi connectivity index (χ0v) is 16.3. The molecule has 154 valence electrons. The largest absolute Gasteiger partial charge is 0.490 e. The molecule has 3 rings (SSSR count). The summed E-state index contributed by atoms with van der Waals surface area (Å²) in [6.07, 6.45) is 1.47. The Labute approximate surface area is 173 Å². The van der Waals surface area contributed by atoms with Crippen molar-refractivity contribution in [2.24, 2.45) is 5.10 Å². The summed E-state index contributed by atoms with van der Waals surface area (Å²) in [5.74, 6) is -0.109. The fraction of sp³-hybridized carbons (Fsp3) is 0.130. The van der Waals surface area contributed by atoms with Crippen molar-refractivity contribution < 1.29 is 23.0 Å². The number of nitrogens with zero attached hydrogens (tertiary/aromatic N) is 1. The van der Waals surface area contributed by atoms with Crippen LogP contribution in [0.4, 0.5) is 8.78 Å².